The number of amides is 1. The molecule has 0 bridgehead atoms. The van der Waals surface area contributed by atoms with Crippen LogP contribution in [0.15, 0.2) is 18.3 Å². The van der Waals surface area contributed by atoms with Gasteiger partial charge in [0.15, 0.2) is 0 Å². The molecule has 2 N–H and O–H groups in total. The normalized spacial score (nSPS) is 18.0. The minimum Gasteiger partial charge on any atom is -0.384 e. The van der Waals surface area contributed by atoms with Gasteiger partial charge in [0, 0.05) is 13.3 Å². The SMILES string of the molecule is COCC1(C(=O)Nc2cccnc2C)CCNCC1. The van der Waals surface area contributed by atoms with Gasteiger partial charge in [0.2, 0.25) is 5.91 Å². The number of anilines is 1. The molecule has 1 saturated heterocycles. The van der Waals surface area contributed by atoms with Crippen LogP contribution in [0.3, 0.4) is 0 Å². The Balaban J connectivity index is 2.14. The standard InChI is InChI=1S/C14H21N3O2/c1-11-12(4-3-7-16-11)17-13(18)14(10-19-2)5-8-15-9-6-14/h3-4,7,15H,5-6,8-10H2,1-2H3,(H,17,18). The zero-order valence-electron chi connectivity index (χ0n) is 11.5. The van der Waals surface area contributed by atoms with Crippen molar-refractivity contribution in [2.75, 3.05) is 32.1 Å². The van der Waals surface area contributed by atoms with Gasteiger partial charge in [0.1, 0.15) is 0 Å². The lowest BCUT2D eigenvalue weighted by Gasteiger charge is -2.35. The molecule has 2 heterocycles. The number of aromatic nitrogens is 1. The van der Waals surface area contributed by atoms with Crippen LogP contribution in [0.2, 0.25) is 0 Å². The van der Waals surface area contributed by atoms with Gasteiger partial charge in [-0.1, -0.05) is 0 Å². The Labute approximate surface area is 113 Å². The number of ether oxygens (including phenoxy) is 1. The third-order valence-electron chi connectivity index (χ3n) is 3.72. The van der Waals surface area contributed by atoms with E-state index in [0.717, 1.165) is 37.3 Å². The van der Waals surface area contributed by atoms with Crippen LogP contribution < -0.4 is 10.6 Å². The van der Waals surface area contributed by atoms with Crippen LogP contribution in [0.5, 0.6) is 0 Å². The summed E-state index contributed by atoms with van der Waals surface area (Å²) in [5, 5.41) is 6.28. The molecule has 104 valence electrons. The number of pyridine rings is 1. The Morgan fingerprint density at radius 3 is 2.89 bits per heavy atom. The molecule has 5 heteroatoms. The molecule has 0 atom stereocenters. The van der Waals surface area contributed by atoms with Crippen LogP contribution in [0, 0.1) is 12.3 Å². The van der Waals surface area contributed by atoms with Gasteiger partial charge in [0.05, 0.1) is 23.4 Å². The van der Waals surface area contributed by atoms with Crippen molar-refractivity contribution in [3.63, 3.8) is 0 Å². The summed E-state index contributed by atoms with van der Waals surface area (Å²) in [5.74, 6) is 0.0342. The first-order valence-electron chi connectivity index (χ1n) is 6.61. The zero-order chi connectivity index (χ0) is 13.7. The van der Waals surface area contributed by atoms with Gasteiger partial charge in [0.25, 0.3) is 0 Å². The monoisotopic (exact) mass is 263 g/mol. The molecule has 0 spiro atoms. The molecule has 0 radical (unpaired) electrons. The fraction of sp³-hybridized carbons (Fsp3) is 0.571. The lowest BCUT2D eigenvalue weighted by molar-refractivity contribution is -0.130. The lowest BCUT2D eigenvalue weighted by Crippen LogP contribution is -2.47. The number of rotatable bonds is 4. The fourth-order valence-electron chi connectivity index (χ4n) is 2.49. The highest BCUT2D eigenvalue weighted by atomic mass is 16.5. The van der Waals surface area contributed by atoms with E-state index in [2.05, 4.69) is 15.6 Å². The van der Waals surface area contributed by atoms with Gasteiger partial charge in [-0.2, -0.15) is 0 Å². The number of nitrogens with one attached hydrogen (secondary N) is 2. The van der Waals surface area contributed by atoms with Crippen molar-refractivity contribution in [3.05, 3.63) is 24.0 Å². The summed E-state index contributed by atoms with van der Waals surface area (Å²) in [6.07, 6.45) is 3.32. The van der Waals surface area contributed by atoms with Crippen LogP contribution in [0.1, 0.15) is 18.5 Å². The molecule has 1 aromatic rings. The maximum absolute atomic E-state index is 12.6. The van der Waals surface area contributed by atoms with Crippen molar-refractivity contribution >= 4 is 11.6 Å². The summed E-state index contributed by atoms with van der Waals surface area (Å²) in [7, 11) is 1.65. The fourth-order valence-corrected chi connectivity index (χ4v) is 2.49. The molecule has 0 aromatic carbocycles. The molecule has 5 nitrogen and oxygen atoms in total. The summed E-state index contributed by atoms with van der Waals surface area (Å²) in [6, 6.07) is 3.70. The van der Waals surface area contributed by atoms with E-state index in [0.29, 0.717) is 6.61 Å². The summed E-state index contributed by atoms with van der Waals surface area (Å²) in [5.41, 5.74) is 1.18. The molecule has 19 heavy (non-hydrogen) atoms. The van der Waals surface area contributed by atoms with Gasteiger partial charge in [-0.3, -0.25) is 9.78 Å². The first kappa shape index (κ1) is 14.0. The first-order chi connectivity index (χ1) is 9.18. The maximum Gasteiger partial charge on any atom is 0.233 e. The zero-order valence-corrected chi connectivity index (χ0v) is 11.5. The molecule has 0 aliphatic carbocycles. The minimum atomic E-state index is -0.428. The van der Waals surface area contributed by atoms with Gasteiger partial charge in [-0.05, 0) is 45.0 Å². The number of carbonyl (C=O) groups excluding carboxylic acids is 1. The quantitative estimate of drug-likeness (QED) is 0.860. The predicted molar refractivity (Wildman–Crippen MR) is 74.0 cm³/mol. The van der Waals surface area contributed by atoms with Crippen LogP contribution in [0.4, 0.5) is 5.69 Å². The first-order valence-corrected chi connectivity index (χ1v) is 6.61. The van der Waals surface area contributed by atoms with Crippen molar-refractivity contribution in [1.82, 2.24) is 10.3 Å². The van der Waals surface area contributed by atoms with Gasteiger partial charge < -0.3 is 15.4 Å². The predicted octanol–water partition coefficient (Wildman–Crippen LogP) is 1.34. The van der Waals surface area contributed by atoms with E-state index in [9.17, 15) is 4.79 Å². The minimum absolute atomic E-state index is 0.0342. The van der Waals surface area contributed by atoms with E-state index >= 15 is 0 Å². The smallest absolute Gasteiger partial charge is 0.233 e. The van der Waals surface area contributed by atoms with Gasteiger partial charge in [-0.25, -0.2) is 0 Å². The van der Waals surface area contributed by atoms with E-state index in [4.69, 9.17) is 4.74 Å². The number of piperidine rings is 1. The average molecular weight is 263 g/mol. The molecule has 1 aliphatic heterocycles. The highest BCUT2D eigenvalue weighted by Crippen LogP contribution is 2.31. The summed E-state index contributed by atoms with van der Waals surface area (Å²) in [4.78, 5) is 16.8. The molecular formula is C14H21N3O2. The summed E-state index contributed by atoms with van der Waals surface area (Å²) >= 11 is 0. The number of carbonyl (C=O) groups is 1. The van der Waals surface area contributed by atoms with E-state index in [1.165, 1.54) is 0 Å². The Morgan fingerprint density at radius 2 is 2.26 bits per heavy atom. The van der Waals surface area contributed by atoms with Crippen molar-refractivity contribution in [1.29, 1.82) is 0 Å². The largest absolute Gasteiger partial charge is 0.384 e. The molecule has 1 fully saturated rings. The average Bonchev–Trinajstić information content (AvgIpc) is 2.42. The number of aryl methyl sites for hydroxylation is 1. The Morgan fingerprint density at radius 1 is 1.53 bits per heavy atom. The molecule has 1 aliphatic rings. The molecule has 0 saturated carbocycles. The highest BCUT2D eigenvalue weighted by molar-refractivity contribution is 5.96. The van der Waals surface area contributed by atoms with Crippen LogP contribution in [0.25, 0.3) is 0 Å². The van der Waals surface area contributed by atoms with Crippen molar-refractivity contribution in [2.24, 2.45) is 5.41 Å². The topological polar surface area (TPSA) is 63.2 Å². The van der Waals surface area contributed by atoms with Gasteiger partial charge in [-0.15, -0.1) is 0 Å². The number of nitrogens with zero attached hydrogens (tertiary/aromatic N) is 1. The van der Waals surface area contributed by atoms with E-state index in [1.54, 1.807) is 13.3 Å². The van der Waals surface area contributed by atoms with Crippen molar-refractivity contribution < 1.29 is 9.53 Å². The maximum atomic E-state index is 12.6. The van der Waals surface area contributed by atoms with Crippen LogP contribution in [-0.2, 0) is 9.53 Å². The number of hydrogen-bond acceptors (Lipinski definition) is 4. The highest BCUT2D eigenvalue weighted by Gasteiger charge is 2.39. The number of methoxy groups -OCH3 is 1. The lowest BCUT2D eigenvalue weighted by atomic mass is 9.78. The second kappa shape index (κ2) is 6.12. The summed E-state index contributed by atoms with van der Waals surface area (Å²) in [6.45, 7) is 4.05. The van der Waals surface area contributed by atoms with E-state index in [1.807, 2.05) is 19.1 Å². The van der Waals surface area contributed by atoms with E-state index in [-0.39, 0.29) is 5.91 Å². The number of hydrogen-bond donors (Lipinski definition) is 2. The van der Waals surface area contributed by atoms with Crippen molar-refractivity contribution in [3.8, 4) is 0 Å². The van der Waals surface area contributed by atoms with E-state index < -0.39 is 5.41 Å². The Kier molecular flexibility index (Phi) is 4.50. The third kappa shape index (κ3) is 3.11. The second-order valence-electron chi connectivity index (χ2n) is 5.05. The Hall–Kier alpha value is -1.46. The Bertz CT molecular complexity index is 437. The molecule has 1 aromatic heterocycles. The molecular weight excluding hydrogens is 242 g/mol. The molecule has 1 amide bonds. The summed E-state index contributed by atoms with van der Waals surface area (Å²) < 4.78 is 5.27. The third-order valence-corrected chi connectivity index (χ3v) is 3.72. The molecule has 0 unspecified atom stereocenters. The van der Waals surface area contributed by atoms with Crippen LogP contribution in [-0.4, -0.2) is 37.7 Å². The van der Waals surface area contributed by atoms with Crippen molar-refractivity contribution in [2.45, 2.75) is 19.8 Å². The molecule has 2 rings (SSSR count). The van der Waals surface area contributed by atoms with Gasteiger partial charge >= 0.3 is 0 Å². The second-order valence-corrected chi connectivity index (χ2v) is 5.05. The van der Waals surface area contributed by atoms with Crippen LogP contribution >= 0.6 is 0 Å².